The first-order valence-corrected chi connectivity index (χ1v) is 9.33. The van der Waals surface area contributed by atoms with E-state index < -0.39 is 5.91 Å². The summed E-state index contributed by atoms with van der Waals surface area (Å²) in [7, 11) is 0. The maximum Gasteiger partial charge on any atom is 0.280 e. The summed E-state index contributed by atoms with van der Waals surface area (Å²) in [5.74, 6) is 0.110. The first kappa shape index (κ1) is 20.4. The Labute approximate surface area is 172 Å². The van der Waals surface area contributed by atoms with Crippen molar-refractivity contribution >= 4 is 23.7 Å². The number of nitrogens with zero attached hydrogens (tertiary/aromatic N) is 2. The Morgan fingerprint density at radius 1 is 1.21 bits per heavy atom. The summed E-state index contributed by atoms with van der Waals surface area (Å²) < 4.78 is 6.90. The van der Waals surface area contributed by atoms with E-state index in [1.54, 1.807) is 19.1 Å². The van der Waals surface area contributed by atoms with E-state index in [-0.39, 0.29) is 12.2 Å². The molecule has 0 aliphatic carbocycles. The number of halogens is 1. The number of carbonyl (C=O) groups excluding carboxylic acids is 1. The van der Waals surface area contributed by atoms with Crippen LogP contribution in [0, 0.1) is 20.8 Å². The van der Waals surface area contributed by atoms with E-state index in [1.807, 2.05) is 44.2 Å². The maximum absolute atomic E-state index is 12.6. The molecule has 0 saturated heterocycles. The minimum Gasteiger partial charge on any atom is -0.484 e. The number of hydrogen-bond donors (Lipinski definition) is 2. The second-order valence-corrected chi connectivity index (χ2v) is 6.96. The van der Waals surface area contributed by atoms with E-state index in [1.165, 1.54) is 10.9 Å². The van der Waals surface area contributed by atoms with Gasteiger partial charge in [-0.2, -0.15) is 5.10 Å². The van der Waals surface area contributed by atoms with Crippen LogP contribution in [0.3, 0.4) is 0 Å². The third-order valence-electron chi connectivity index (χ3n) is 4.29. The summed E-state index contributed by atoms with van der Waals surface area (Å²) in [6.45, 7) is 5.29. The predicted molar refractivity (Wildman–Crippen MR) is 113 cm³/mol. The average molecular weight is 413 g/mol. The van der Waals surface area contributed by atoms with E-state index in [0.29, 0.717) is 27.7 Å². The zero-order valence-corrected chi connectivity index (χ0v) is 17.1. The van der Waals surface area contributed by atoms with Crippen LogP contribution in [-0.2, 0) is 4.79 Å². The number of amides is 1. The molecule has 29 heavy (non-hydrogen) atoms. The monoisotopic (exact) mass is 412 g/mol. The van der Waals surface area contributed by atoms with E-state index in [9.17, 15) is 9.59 Å². The minimum atomic E-state index is -0.442. The molecule has 0 aliphatic rings. The van der Waals surface area contributed by atoms with E-state index >= 15 is 0 Å². The van der Waals surface area contributed by atoms with Crippen LogP contribution in [0.4, 0.5) is 0 Å². The zero-order chi connectivity index (χ0) is 21.0. The van der Waals surface area contributed by atoms with E-state index in [4.69, 9.17) is 16.3 Å². The fraction of sp³-hybridized carbons (Fsp3) is 0.190. The molecule has 3 aromatic rings. The number of para-hydroxylation sites is 1. The Morgan fingerprint density at radius 3 is 2.52 bits per heavy atom. The van der Waals surface area contributed by atoms with Gasteiger partial charge in [-0.1, -0.05) is 29.8 Å². The molecule has 0 saturated carbocycles. The fourth-order valence-electron chi connectivity index (χ4n) is 2.81. The second kappa shape index (κ2) is 8.79. The molecule has 0 radical (unpaired) electrons. The lowest BCUT2D eigenvalue weighted by atomic mass is 10.1. The quantitative estimate of drug-likeness (QED) is 0.481. The van der Waals surface area contributed by atoms with Gasteiger partial charge in [0.1, 0.15) is 5.75 Å². The highest BCUT2D eigenvalue weighted by Crippen LogP contribution is 2.25. The van der Waals surface area contributed by atoms with Gasteiger partial charge in [-0.3, -0.25) is 14.7 Å². The average Bonchev–Trinajstić information content (AvgIpc) is 2.99. The SMILES string of the molecule is Cc1cc(OCC(=O)NN=Cc2c(C)[nH]n(-c3ccccc3)c2=O)cc(C)c1Cl. The molecule has 7 nitrogen and oxygen atoms in total. The number of rotatable bonds is 6. The minimum absolute atomic E-state index is 0.210. The Balaban J connectivity index is 1.62. The lowest BCUT2D eigenvalue weighted by Gasteiger charge is -2.09. The molecule has 2 aromatic carbocycles. The molecule has 0 aliphatic heterocycles. The van der Waals surface area contributed by atoms with Crippen molar-refractivity contribution in [3.05, 3.63) is 80.2 Å². The summed E-state index contributed by atoms with van der Waals surface area (Å²) >= 11 is 6.12. The van der Waals surface area contributed by atoms with Crippen molar-refractivity contribution in [2.75, 3.05) is 6.61 Å². The van der Waals surface area contributed by atoms with Gasteiger partial charge < -0.3 is 4.74 Å². The van der Waals surface area contributed by atoms with Crippen LogP contribution in [0.1, 0.15) is 22.4 Å². The highest BCUT2D eigenvalue weighted by atomic mass is 35.5. The van der Waals surface area contributed by atoms with Crippen molar-refractivity contribution in [3.8, 4) is 11.4 Å². The Hall–Kier alpha value is -3.32. The number of aromatic amines is 1. The highest BCUT2D eigenvalue weighted by Gasteiger charge is 2.11. The summed E-state index contributed by atoms with van der Waals surface area (Å²) in [6, 6.07) is 12.7. The molecule has 150 valence electrons. The lowest BCUT2D eigenvalue weighted by molar-refractivity contribution is -0.123. The van der Waals surface area contributed by atoms with Crippen molar-refractivity contribution < 1.29 is 9.53 Å². The molecule has 0 unspecified atom stereocenters. The van der Waals surface area contributed by atoms with Gasteiger partial charge in [-0.05, 0) is 56.2 Å². The Kier molecular flexibility index (Phi) is 6.19. The molecule has 2 N–H and O–H groups in total. The van der Waals surface area contributed by atoms with Gasteiger partial charge in [0, 0.05) is 10.7 Å². The Bertz CT molecular complexity index is 1090. The highest BCUT2D eigenvalue weighted by molar-refractivity contribution is 6.32. The maximum atomic E-state index is 12.6. The number of ether oxygens (including phenoxy) is 1. The van der Waals surface area contributed by atoms with Crippen LogP contribution in [0.2, 0.25) is 5.02 Å². The largest absolute Gasteiger partial charge is 0.484 e. The van der Waals surface area contributed by atoms with Crippen molar-refractivity contribution in [2.24, 2.45) is 5.10 Å². The van der Waals surface area contributed by atoms with Crippen LogP contribution in [-0.4, -0.2) is 28.5 Å². The number of aromatic nitrogens is 2. The number of carbonyl (C=O) groups is 1. The van der Waals surface area contributed by atoms with Gasteiger partial charge in [-0.25, -0.2) is 10.1 Å². The van der Waals surface area contributed by atoms with Gasteiger partial charge in [0.05, 0.1) is 17.5 Å². The topological polar surface area (TPSA) is 88.5 Å². The Morgan fingerprint density at radius 2 is 1.86 bits per heavy atom. The first-order valence-electron chi connectivity index (χ1n) is 8.95. The lowest BCUT2D eigenvalue weighted by Crippen LogP contribution is -2.25. The van der Waals surface area contributed by atoms with Gasteiger partial charge in [0.25, 0.3) is 11.5 Å². The van der Waals surface area contributed by atoms with Gasteiger partial charge in [0.2, 0.25) is 0 Å². The van der Waals surface area contributed by atoms with E-state index in [0.717, 1.165) is 11.1 Å². The number of hydrogen-bond acceptors (Lipinski definition) is 4. The van der Waals surface area contributed by atoms with Crippen LogP contribution in [0.25, 0.3) is 5.69 Å². The van der Waals surface area contributed by atoms with Crippen LogP contribution in [0.15, 0.2) is 52.4 Å². The molecular formula is C21H21ClN4O3. The molecule has 0 bridgehead atoms. The molecular weight excluding hydrogens is 392 g/mol. The van der Waals surface area contributed by atoms with Crippen molar-refractivity contribution in [1.29, 1.82) is 0 Å². The fourth-order valence-corrected chi connectivity index (χ4v) is 2.92. The molecule has 1 aromatic heterocycles. The summed E-state index contributed by atoms with van der Waals surface area (Å²) in [6.07, 6.45) is 1.32. The molecule has 1 heterocycles. The van der Waals surface area contributed by atoms with Gasteiger partial charge >= 0.3 is 0 Å². The molecule has 1 amide bonds. The molecule has 0 fully saturated rings. The number of H-pyrrole nitrogens is 1. The second-order valence-electron chi connectivity index (χ2n) is 6.58. The van der Waals surface area contributed by atoms with Crippen molar-refractivity contribution in [1.82, 2.24) is 15.2 Å². The molecule has 0 atom stereocenters. The number of nitrogens with one attached hydrogen (secondary N) is 2. The van der Waals surface area contributed by atoms with Gasteiger partial charge in [0.15, 0.2) is 6.61 Å². The third kappa shape index (κ3) is 4.75. The van der Waals surface area contributed by atoms with Gasteiger partial charge in [-0.15, -0.1) is 0 Å². The number of hydrazone groups is 1. The van der Waals surface area contributed by atoms with Crippen molar-refractivity contribution in [2.45, 2.75) is 20.8 Å². The molecule has 3 rings (SSSR count). The van der Waals surface area contributed by atoms with Crippen LogP contribution < -0.4 is 15.7 Å². The van der Waals surface area contributed by atoms with Crippen molar-refractivity contribution in [3.63, 3.8) is 0 Å². The summed E-state index contributed by atoms with van der Waals surface area (Å²) in [4.78, 5) is 24.5. The van der Waals surface area contributed by atoms with E-state index in [2.05, 4.69) is 15.6 Å². The molecule has 8 heteroatoms. The van der Waals surface area contributed by atoms with Crippen LogP contribution >= 0.6 is 11.6 Å². The zero-order valence-electron chi connectivity index (χ0n) is 16.3. The summed E-state index contributed by atoms with van der Waals surface area (Å²) in [5.41, 5.74) is 5.57. The first-order chi connectivity index (χ1) is 13.9. The predicted octanol–water partition coefficient (Wildman–Crippen LogP) is 3.27. The standard InChI is InChI=1S/C21H21ClN4O3/c1-13-9-17(10-14(2)20(13)22)29-12-19(27)24-23-11-18-15(3)25-26(21(18)28)16-7-5-4-6-8-16/h4-11,25H,12H2,1-3H3,(H,24,27). The number of aryl methyl sites for hydroxylation is 3. The van der Waals surface area contributed by atoms with Crippen LogP contribution in [0.5, 0.6) is 5.75 Å². The third-order valence-corrected chi connectivity index (χ3v) is 4.89. The number of benzene rings is 2. The summed E-state index contributed by atoms with van der Waals surface area (Å²) in [5, 5.41) is 7.54. The smallest absolute Gasteiger partial charge is 0.280 e. The normalized spacial score (nSPS) is 11.0. The molecule has 0 spiro atoms.